The molecular formula is C24H44O4S. The van der Waals surface area contributed by atoms with Crippen molar-refractivity contribution in [3.63, 3.8) is 0 Å². The predicted molar refractivity (Wildman–Crippen MR) is 122 cm³/mol. The second-order valence-corrected chi connectivity index (χ2v) is 11.4. The Morgan fingerprint density at radius 1 is 1.10 bits per heavy atom. The summed E-state index contributed by atoms with van der Waals surface area (Å²) in [5.74, 6) is 1.16. The Balaban J connectivity index is 2.28. The van der Waals surface area contributed by atoms with E-state index in [4.69, 9.17) is 4.74 Å². The van der Waals surface area contributed by atoms with Crippen LogP contribution in [0.4, 0.5) is 0 Å². The van der Waals surface area contributed by atoms with Gasteiger partial charge in [0.25, 0.3) is 0 Å². The third-order valence-electron chi connectivity index (χ3n) is 5.74. The molecule has 5 heteroatoms. The fourth-order valence-corrected chi connectivity index (χ4v) is 5.53. The lowest BCUT2D eigenvalue weighted by molar-refractivity contribution is -0.143. The maximum absolute atomic E-state index is 12.3. The van der Waals surface area contributed by atoms with E-state index in [1.807, 2.05) is 13.8 Å². The highest BCUT2D eigenvalue weighted by atomic mass is 32.2. The number of thioether (sulfide) groups is 1. The zero-order chi connectivity index (χ0) is 21.9. The number of hydrogen-bond donors (Lipinski definition) is 1. The minimum atomic E-state index is -0.654. The molecule has 3 unspecified atom stereocenters. The van der Waals surface area contributed by atoms with Crippen molar-refractivity contribution in [1.29, 1.82) is 0 Å². The van der Waals surface area contributed by atoms with E-state index in [0.717, 1.165) is 57.8 Å². The number of unbranched alkanes of at least 4 members (excludes halogenated alkanes) is 3. The molecule has 0 amide bonds. The summed E-state index contributed by atoms with van der Waals surface area (Å²) < 4.78 is 4.95. The van der Waals surface area contributed by atoms with E-state index in [2.05, 4.69) is 20.8 Å². The molecule has 0 radical (unpaired) electrons. The number of rotatable bonds is 14. The molecule has 0 saturated heterocycles. The van der Waals surface area contributed by atoms with Gasteiger partial charge in [-0.15, -0.1) is 0 Å². The van der Waals surface area contributed by atoms with Crippen molar-refractivity contribution >= 4 is 23.5 Å². The number of ether oxygens (including phenoxy) is 1. The second kappa shape index (κ2) is 13.0. The van der Waals surface area contributed by atoms with Gasteiger partial charge in [0.2, 0.25) is 0 Å². The summed E-state index contributed by atoms with van der Waals surface area (Å²) in [6.07, 6.45) is 10.1. The Kier molecular flexibility index (Phi) is 11.9. The summed E-state index contributed by atoms with van der Waals surface area (Å²) in [6, 6.07) is 0. The minimum absolute atomic E-state index is 0.107. The molecule has 1 fully saturated rings. The van der Waals surface area contributed by atoms with Crippen LogP contribution in [0.1, 0.15) is 105 Å². The number of carbonyl (C=O) groups excluding carboxylic acids is 2. The molecule has 29 heavy (non-hydrogen) atoms. The van der Waals surface area contributed by atoms with Gasteiger partial charge in [-0.25, -0.2) is 0 Å². The van der Waals surface area contributed by atoms with Gasteiger partial charge in [-0.05, 0) is 51.4 Å². The predicted octanol–water partition coefficient (Wildman–Crippen LogP) is 5.94. The van der Waals surface area contributed by atoms with Gasteiger partial charge >= 0.3 is 5.97 Å². The highest BCUT2D eigenvalue weighted by Crippen LogP contribution is 2.38. The van der Waals surface area contributed by atoms with E-state index < -0.39 is 5.60 Å². The molecule has 0 heterocycles. The lowest BCUT2D eigenvalue weighted by Gasteiger charge is -2.28. The van der Waals surface area contributed by atoms with Crippen molar-refractivity contribution in [3.05, 3.63) is 0 Å². The molecule has 3 atom stereocenters. The molecule has 170 valence electrons. The molecule has 0 aliphatic heterocycles. The Morgan fingerprint density at radius 3 is 2.45 bits per heavy atom. The van der Waals surface area contributed by atoms with E-state index in [1.165, 1.54) is 0 Å². The number of hydrogen-bond acceptors (Lipinski definition) is 5. The van der Waals surface area contributed by atoms with Crippen molar-refractivity contribution < 1.29 is 19.4 Å². The van der Waals surface area contributed by atoms with Gasteiger partial charge in [0.15, 0.2) is 0 Å². The average molecular weight is 429 g/mol. The van der Waals surface area contributed by atoms with Crippen LogP contribution in [-0.2, 0) is 14.3 Å². The molecule has 1 aliphatic rings. The van der Waals surface area contributed by atoms with Crippen LogP contribution in [0, 0.1) is 11.3 Å². The highest BCUT2D eigenvalue weighted by molar-refractivity contribution is 8.00. The van der Waals surface area contributed by atoms with Gasteiger partial charge in [-0.2, -0.15) is 11.8 Å². The largest absolute Gasteiger partial charge is 0.466 e. The highest BCUT2D eigenvalue weighted by Gasteiger charge is 2.35. The SMILES string of the molecule is CCOC(=O)CCCCCCC1C(=O)CCC1SCC(C)(O)CCCC(C)(C)C. The summed E-state index contributed by atoms with van der Waals surface area (Å²) >= 11 is 1.81. The lowest BCUT2D eigenvalue weighted by atomic mass is 9.87. The maximum atomic E-state index is 12.3. The topological polar surface area (TPSA) is 63.6 Å². The molecule has 1 N–H and O–H groups in total. The maximum Gasteiger partial charge on any atom is 0.305 e. The Morgan fingerprint density at radius 2 is 1.79 bits per heavy atom. The first kappa shape index (κ1) is 26.5. The van der Waals surface area contributed by atoms with Gasteiger partial charge in [0.05, 0.1) is 12.2 Å². The van der Waals surface area contributed by atoms with Gasteiger partial charge in [-0.3, -0.25) is 9.59 Å². The van der Waals surface area contributed by atoms with Crippen molar-refractivity contribution in [2.24, 2.45) is 11.3 Å². The van der Waals surface area contributed by atoms with Crippen LogP contribution in [0.5, 0.6) is 0 Å². The normalized spacial score (nSPS) is 21.9. The number of esters is 1. The van der Waals surface area contributed by atoms with E-state index >= 15 is 0 Å². The minimum Gasteiger partial charge on any atom is -0.466 e. The molecule has 4 nitrogen and oxygen atoms in total. The van der Waals surface area contributed by atoms with E-state index in [1.54, 1.807) is 11.8 Å². The molecule has 0 aromatic rings. The zero-order valence-corrected chi connectivity index (χ0v) is 20.2. The van der Waals surface area contributed by atoms with Crippen LogP contribution in [0.25, 0.3) is 0 Å². The van der Waals surface area contributed by atoms with Crippen molar-refractivity contribution in [2.75, 3.05) is 12.4 Å². The quantitative estimate of drug-likeness (QED) is 0.274. The number of Topliss-reactive ketones (excluding diaryl/α,β-unsaturated/α-hetero) is 1. The van der Waals surface area contributed by atoms with Crippen molar-refractivity contribution in [3.8, 4) is 0 Å². The number of carbonyl (C=O) groups is 2. The fourth-order valence-electron chi connectivity index (χ4n) is 4.00. The first-order valence-corrected chi connectivity index (χ1v) is 12.6. The Bertz CT molecular complexity index is 496. The molecule has 0 bridgehead atoms. The van der Waals surface area contributed by atoms with E-state index in [0.29, 0.717) is 41.6 Å². The third kappa shape index (κ3) is 12.0. The van der Waals surface area contributed by atoms with E-state index in [9.17, 15) is 14.7 Å². The number of aliphatic hydroxyl groups is 1. The molecule has 1 rings (SSSR count). The summed E-state index contributed by atoms with van der Waals surface area (Å²) in [5.41, 5.74) is -0.346. The molecule has 1 saturated carbocycles. The van der Waals surface area contributed by atoms with Gasteiger partial charge in [0.1, 0.15) is 5.78 Å². The van der Waals surface area contributed by atoms with Crippen LogP contribution < -0.4 is 0 Å². The Hall–Kier alpha value is -0.550. The lowest BCUT2D eigenvalue weighted by Crippen LogP contribution is -2.30. The van der Waals surface area contributed by atoms with E-state index in [-0.39, 0.29) is 11.9 Å². The fraction of sp³-hybridized carbons (Fsp3) is 0.917. The molecular weight excluding hydrogens is 384 g/mol. The van der Waals surface area contributed by atoms with Crippen molar-refractivity contribution in [1.82, 2.24) is 0 Å². The summed E-state index contributed by atoms with van der Waals surface area (Å²) in [4.78, 5) is 23.7. The standard InChI is InChI=1S/C24H44O4S/c1-6-28-22(26)13-10-8-7-9-12-19-20(25)14-15-21(19)29-18-24(5,27)17-11-16-23(2,3)4/h19,21,27H,6-18H2,1-5H3. The van der Waals surface area contributed by atoms with Crippen LogP contribution in [0.2, 0.25) is 0 Å². The van der Waals surface area contributed by atoms with Gasteiger partial charge in [-0.1, -0.05) is 46.5 Å². The van der Waals surface area contributed by atoms with Gasteiger partial charge in [0, 0.05) is 29.8 Å². The molecule has 0 spiro atoms. The third-order valence-corrected chi connectivity index (χ3v) is 7.52. The molecule has 0 aromatic heterocycles. The zero-order valence-electron chi connectivity index (χ0n) is 19.4. The first-order chi connectivity index (χ1) is 13.5. The molecule has 0 aromatic carbocycles. The van der Waals surface area contributed by atoms with Crippen LogP contribution in [-0.4, -0.2) is 40.1 Å². The smallest absolute Gasteiger partial charge is 0.305 e. The Labute approximate surface area is 182 Å². The monoisotopic (exact) mass is 428 g/mol. The summed E-state index contributed by atoms with van der Waals surface area (Å²) in [7, 11) is 0. The number of ketones is 1. The van der Waals surface area contributed by atoms with Crippen molar-refractivity contribution in [2.45, 2.75) is 116 Å². The average Bonchev–Trinajstić information content (AvgIpc) is 2.95. The van der Waals surface area contributed by atoms with Gasteiger partial charge < -0.3 is 9.84 Å². The second-order valence-electron chi connectivity index (χ2n) is 10.1. The summed E-state index contributed by atoms with van der Waals surface area (Å²) in [6.45, 7) is 10.9. The van der Waals surface area contributed by atoms with Crippen LogP contribution in [0.3, 0.4) is 0 Å². The van der Waals surface area contributed by atoms with Crippen LogP contribution >= 0.6 is 11.8 Å². The van der Waals surface area contributed by atoms with Crippen LogP contribution in [0.15, 0.2) is 0 Å². The summed E-state index contributed by atoms with van der Waals surface area (Å²) in [5, 5.41) is 11.1. The first-order valence-electron chi connectivity index (χ1n) is 11.6. The molecule has 1 aliphatic carbocycles.